The highest BCUT2D eigenvalue weighted by molar-refractivity contribution is 5.46. The van der Waals surface area contributed by atoms with Gasteiger partial charge < -0.3 is 15.5 Å². The highest BCUT2D eigenvalue weighted by Gasteiger charge is 2.01. The van der Waals surface area contributed by atoms with Gasteiger partial charge in [-0.15, -0.1) is 0 Å². The van der Waals surface area contributed by atoms with Crippen molar-refractivity contribution < 1.29 is 10.2 Å². The van der Waals surface area contributed by atoms with Crippen LogP contribution in [0, 0.1) is 0 Å². The first kappa shape index (κ1) is 10.4. The molecule has 0 heterocycles. The van der Waals surface area contributed by atoms with Crippen LogP contribution in [0.2, 0.25) is 0 Å². The summed E-state index contributed by atoms with van der Waals surface area (Å²) in [5.74, 6) is 0.337. The van der Waals surface area contributed by atoms with Crippen LogP contribution < -0.4 is 5.32 Å². The SMILES string of the molecule is Oc1ccc(O)c(CNc2ccccc2)c1. The van der Waals surface area contributed by atoms with E-state index < -0.39 is 0 Å². The van der Waals surface area contributed by atoms with E-state index in [1.54, 1.807) is 6.07 Å². The van der Waals surface area contributed by atoms with E-state index in [1.165, 1.54) is 12.1 Å². The molecule has 0 bridgehead atoms. The molecule has 0 unspecified atom stereocenters. The van der Waals surface area contributed by atoms with Gasteiger partial charge in [0.25, 0.3) is 0 Å². The molecule has 0 aliphatic carbocycles. The summed E-state index contributed by atoms with van der Waals surface area (Å²) in [6.45, 7) is 0.476. The number of nitrogens with one attached hydrogen (secondary N) is 1. The molecule has 0 aromatic heterocycles. The molecular formula is C13H13NO2. The van der Waals surface area contributed by atoms with Crippen LogP contribution in [-0.4, -0.2) is 10.2 Å². The Bertz CT molecular complexity index is 469. The Labute approximate surface area is 94.0 Å². The Kier molecular flexibility index (Phi) is 2.96. The van der Waals surface area contributed by atoms with E-state index in [4.69, 9.17) is 0 Å². The normalized spacial score (nSPS) is 10.0. The van der Waals surface area contributed by atoms with Gasteiger partial charge in [0.2, 0.25) is 0 Å². The Morgan fingerprint density at radius 1 is 0.938 bits per heavy atom. The summed E-state index contributed by atoms with van der Waals surface area (Å²) in [7, 11) is 0. The van der Waals surface area contributed by atoms with Crippen LogP contribution in [0.1, 0.15) is 5.56 Å². The summed E-state index contributed by atoms with van der Waals surface area (Å²) in [6, 6.07) is 14.2. The van der Waals surface area contributed by atoms with E-state index >= 15 is 0 Å². The third-order valence-corrected chi connectivity index (χ3v) is 2.32. The quantitative estimate of drug-likeness (QED) is 0.690. The lowest BCUT2D eigenvalue weighted by molar-refractivity contribution is 0.455. The van der Waals surface area contributed by atoms with Crippen LogP contribution in [0.15, 0.2) is 48.5 Å². The van der Waals surface area contributed by atoms with Crippen molar-refractivity contribution in [1.29, 1.82) is 0 Å². The largest absolute Gasteiger partial charge is 0.508 e. The fourth-order valence-corrected chi connectivity index (χ4v) is 1.47. The zero-order valence-corrected chi connectivity index (χ0v) is 8.72. The van der Waals surface area contributed by atoms with Gasteiger partial charge in [-0.05, 0) is 30.3 Å². The van der Waals surface area contributed by atoms with Gasteiger partial charge in [0, 0.05) is 17.8 Å². The zero-order chi connectivity index (χ0) is 11.4. The molecule has 0 saturated heterocycles. The van der Waals surface area contributed by atoms with Crippen LogP contribution in [0.25, 0.3) is 0 Å². The Balaban J connectivity index is 2.08. The second-order valence-corrected chi connectivity index (χ2v) is 3.53. The number of phenolic OH excluding ortho intramolecular Hbond substituents is 2. The number of para-hydroxylation sites is 1. The summed E-state index contributed by atoms with van der Waals surface area (Å²) < 4.78 is 0. The maximum Gasteiger partial charge on any atom is 0.120 e. The van der Waals surface area contributed by atoms with Crippen LogP contribution in [0.5, 0.6) is 11.5 Å². The van der Waals surface area contributed by atoms with E-state index in [2.05, 4.69) is 5.32 Å². The van der Waals surface area contributed by atoms with Crippen LogP contribution in [0.3, 0.4) is 0 Å². The van der Waals surface area contributed by atoms with Gasteiger partial charge in [-0.2, -0.15) is 0 Å². The minimum atomic E-state index is 0.155. The van der Waals surface area contributed by atoms with Crippen molar-refractivity contribution in [3.8, 4) is 11.5 Å². The van der Waals surface area contributed by atoms with Gasteiger partial charge in [-0.1, -0.05) is 18.2 Å². The highest BCUT2D eigenvalue weighted by Crippen LogP contribution is 2.22. The first-order valence-corrected chi connectivity index (χ1v) is 5.05. The van der Waals surface area contributed by atoms with Crippen molar-refractivity contribution in [2.45, 2.75) is 6.54 Å². The molecule has 0 spiro atoms. The van der Waals surface area contributed by atoms with Crippen LogP contribution >= 0.6 is 0 Å². The molecule has 2 rings (SSSR count). The molecule has 3 N–H and O–H groups in total. The fourth-order valence-electron chi connectivity index (χ4n) is 1.47. The van der Waals surface area contributed by atoms with Gasteiger partial charge in [0.15, 0.2) is 0 Å². The van der Waals surface area contributed by atoms with Gasteiger partial charge in [-0.25, -0.2) is 0 Å². The number of anilines is 1. The molecule has 0 amide bonds. The molecule has 0 atom stereocenters. The minimum absolute atomic E-state index is 0.155. The third-order valence-electron chi connectivity index (χ3n) is 2.32. The summed E-state index contributed by atoms with van der Waals surface area (Å²) >= 11 is 0. The molecule has 0 fully saturated rings. The van der Waals surface area contributed by atoms with E-state index in [1.807, 2.05) is 30.3 Å². The molecule has 3 heteroatoms. The number of hydrogen-bond acceptors (Lipinski definition) is 3. The Morgan fingerprint density at radius 3 is 2.44 bits per heavy atom. The summed E-state index contributed by atoms with van der Waals surface area (Å²) in [4.78, 5) is 0. The second-order valence-electron chi connectivity index (χ2n) is 3.53. The smallest absolute Gasteiger partial charge is 0.120 e. The highest BCUT2D eigenvalue weighted by atomic mass is 16.3. The maximum atomic E-state index is 9.56. The molecule has 2 aromatic carbocycles. The van der Waals surface area contributed by atoms with Crippen LogP contribution in [-0.2, 0) is 6.54 Å². The molecule has 0 aliphatic rings. The third kappa shape index (κ3) is 2.45. The van der Waals surface area contributed by atoms with E-state index in [-0.39, 0.29) is 11.5 Å². The predicted molar refractivity (Wildman–Crippen MR) is 63.5 cm³/mol. The van der Waals surface area contributed by atoms with E-state index in [0.29, 0.717) is 12.1 Å². The van der Waals surface area contributed by atoms with Crippen molar-refractivity contribution in [3.05, 3.63) is 54.1 Å². The van der Waals surface area contributed by atoms with Gasteiger partial charge in [-0.3, -0.25) is 0 Å². The monoisotopic (exact) mass is 215 g/mol. The first-order valence-electron chi connectivity index (χ1n) is 5.05. The Morgan fingerprint density at radius 2 is 1.69 bits per heavy atom. The number of aromatic hydroxyl groups is 2. The van der Waals surface area contributed by atoms with Crippen molar-refractivity contribution in [2.24, 2.45) is 0 Å². The number of hydrogen-bond donors (Lipinski definition) is 3. The lowest BCUT2D eigenvalue weighted by atomic mass is 10.2. The molecule has 16 heavy (non-hydrogen) atoms. The van der Waals surface area contributed by atoms with Crippen molar-refractivity contribution in [1.82, 2.24) is 0 Å². The molecule has 3 nitrogen and oxygen atoms in total. The molecule has 2 aromatic rings. The van der Waals surface area contributed by atoms with Gasteiger partial charge in [0.05, 0.1) is 0 Å². The zero-order valence-electron chi connectivity index (χ0n) is 8.72. The lowest BCUT2D eigenvalue weighted by Crippen LogP contribution is -1.99. The second kappa shape index (κ2) is 4.57. The summed E-state index contributed by atoms with van der Waals surface area (Å²) in [5, 5.41) is 22.0. The molecule has 82 valence electrons. The van der Waals surface area contributed by atoms with Gasteiger partial charge in [0.1, 0.15) is 11.5 Å². The number of rotatable bonds is 3. The van der Waals surface area contributed by atoms with Crippen molar-refractivity contribution in [3.63, 3.8) is 0 Å². The average Bonchev–Trinajstić information content (AvgIpc) is 2.32. The standard InChI is InChI=1S/C13H13NO2/c15-12-6-7-13(16)10(8-12)9-14-11-4-2-1-3-5-11/h1-8,14-16H,9H2. The topological polar surface area (TPSA) is 52.5 Å². The predicted octanol–water partition coefficient (Wildman–Crippen LogP) is 2.71. The minimum Gasteiger partial charge on any atom is -0.508 e. The van der Waals surface area contributed by atoms with Gasteiger partial charge >= 0.3 is 0 Å². The molecule has 0 aliphatic heterocycles. The summed E-state index contributed by atoms with van der Waals surface area (Å²) in [6.07, 6.45) is 0. The van der Waals surface area contributed by atoms with Crippen molar-refractivity contribution in [2.75, 3.05) is 5.32 Å². The summed E-state index contributed by atoms with van der Waals surface area (Å²) in [5.41, 5.74) is 1.65. The Hall–Kier alpha value is -2.16. The van der Waals surface area contributed by atoms with Crippen LogP contribution in [0.4, 0.5) is 5.69 Å². The van der Waals surface area contributed by atoms with Crippen molar-refractivity contribution >= 4 is 5.69 Å². The number of benzene rings is 2. The number of phenols is 2. The lowest BCUT2D eigenvalue weighted by Gasteiger charge is -2.08. The maximum absolute atomic E-state index is 9.56. The van der Waals surface area contributed by atoms with E-state index in [9.17, 15) is 10.2 Å². The van der Waals surface area contributed by atoms with E-state index in [0.717, 1.165) is 5.69 Å². The molecular weight excluding hydrogens is 202 g/mol. The fraction of sp³-hybridized carbons (Fsp3) is 0.0769. The molecule has 0 saturated carbocycles. The molecule has 0 radical (unpaired) electrons. The average molecular weight is 215 g/mol. The first-order chi connectivity index (χ1) is 7.75.